The van der Waals surface area contributed by atoms with Gasteiger partial charge in [-0.15, -0.1) is 23.1 Å². The second-order valence-electron chi connectivity index (χ2n) is 5.40. The van der Waals surface area contributed by atoms with Crippen molar-refractivity contribution in [2.45, 2.75) is 18.2 Å². The molecule has 1 fully saturated rings. The summed E-state index contributed by atoms with van der Waals surface area (Å²) in [4.78, 5) is 15.7. The quantitative estimate of drug-likeness (QED) is 0.782. The third-order valence-corrected chi connectivity index (χ3v) is 6.63. The summed E-state index contributed by atoms with van der Waals surface area (Å²) in [6.45, 7) is 2.70. The Balaban J connectivity index is 1.70. The maximum atomic E-state index is 13.2. The molecule has 3 rings (SSSR count). The van der Waals surface area contributed by atoms with Gasteiger partial charge in [-0.1, -0.05) is 17.7 Å². The van der Waals surface area contributed by atoms with Crippen molar-refractivity contribution < 1.29 is 9.18 Å². The molecule has 2 heterocycles. The predicted molar refractivity (Wildman–Crippen MR) is 96.1 cm³/mol. The molecule has 122 valence electrons. The van der Waals surface area contributed by atoms with Crippen molar-refractivity contribution in [1.82, 2.24) is 4.90 Å². The minimum atomic E-state index is -0.495. The molecule has 0 bridgehead atoms. The SMILES string of the molecule is C[C@H]1CS[C@H](c2cccs2)CN1C(=O)Nc1ccc(F)c(Cl)c1. The van der Waals surface area contributed by atoms with Crippen LogP contribution in [-0.2, 0) is 0 Å². The van der Waals surface area contributed by atoms with Crippen molar-refractivity contribution in [3.05, 3.63) is 51.4 Å². The van der Waals surface area contributed by atoms with Gasteiger partial charge in [-0.05, 0) is 36.6 Å². The largest absolute Gasteiger partial charge is 0.322 e. The topological polar surface area (TPSA) is 32.3 Å². The van der Waals surface area contributed by atoms with Crippen LogP contribution in [0.15, 0.2) is 35.7 Å². The Morgan fingerprint density at radius 3 is 2.96 bits per heavy atom. The predicted octanol–water partition coefficient (Wildman–Crippen LogP) is 5.25. The fourth-order valence-corrected chi connectivity index (χ4v) is 4.90. The summed E-state index contributed by atoms with van der Waals surface area (Å²) in [5, 5.41) is 5.16. The lowest BCUT2D eigenvalue weighted by Gasteiger charge is -2.37. The highest BCUT2D eigenvalue weighted by atomic mass is 35.5. The van der Waals surface area contributed by atoms with Gasteiger partial charge in [0, 0.05) is 28.9 Å². The number of nitrogens with zero attached hydrogens (tertiary/aromatic N) is 1. The van der Waals surface area contributed by atoms with Crippen LogP contribution in [0.3, 0.4) is 0 Å². The third-order valence-electron chi connectivity index (χ3n) is 3.73. The number of amides is 2. The van der Waals surface area contributed by atoms with E-state index in [1.54, 1.807) is 11.3 Å². The highest BCUT2D eigenvalue weighted by Crippen LogP contribution is 2.37. The van der Waals surface area contributed by atoms with Gasteiger partial charge in [-0.25, -0.2) is 9.18 Å². The highest BCUT2D eigenvalue weighted by molar-refractivity contribution is 7.99. The standard InChI is InChI=1S/C16H16ClFN2OS2/c1-10-9-23-15(14-3-2-6-22-14)8-20(10)16(21)19-11-4-5-13(18)12(17)7-11/h2-7,10,15H,8-9H2,1H3,(H,19,21)/t10-,15-/m0/s1. The first-order valence-corrected chi connectivity index (χ1v) is 9.53. The summed E-state index contributed by atoms with van der Waals surface area (Å²) in [6.07, 6.45) is 0. The molecule has 1 aromatic carbocycles. The molecule has 0 saturated carbocycles. The Morgan fingerprint density at radius 2 is 2.26 bits per heavy atom. The lowest BCUT2D eigenvalue weighted by Crippen LogP contribution is -2.47. The number of urea groups is 1. The second-order valence-corrected chi connectivity index (χ2v) is 8.02. The lowest BCUT2D eigenvalue weighted by atomic mass is 10.2. The van der Waals surface area contributed by atoms with Gasteiger partial charge in [0.1, 0.15) is 5.82 Å². The molecule has 1 aromatic heterocycles. The molecule has 2 aromatic rings. The molecule has 0 aliphatic carbocycles. The average molecular weight is 371 g/mol. The van der Waals surface area contributed by atoms with Gasteiger partial charge in [0.2, 0.25) is 0 Å². The Kier molecular flexibility index (Phi) is 5.14. The van der Waals surface area contributed by atoms with E-state index in [0.717, 1.165) is 5.75 Å². The molecule has 2 atom stereocenters. The van der Waals surface area contributed by atoms with Gasteiger partial charge < -0.3 is 10.2 Å². The highest BCUT2D eigenvalue weighted by Gasteiger charge is 2.30. The fourth-order valence-electron chi connectivity index (χ4n) is 2.46. The first-order chi connectivity index (χ1) is 11.0. The average Bonchev–Trinajstić information content (AvgIpc) is 3.06. The molecular formula is C16H16ClFN2OS2. The van der Waals surface area contributed by atoms with Gasteiger partial charge in [0.15, 0.2) is 0 Å². The number of thiophene rings is 1. The first-order valence-electron chi connectivity index (χ1n) is 7.22. The van der Waals surface area contributed by atoms with Crippen LogP contribution >= 0.6 is 34.7 Å². The number of halogens is 2. The van der Waals surface area contributed by atoms with Crippen LogP contribution in [0.2, 0.25) is 5.02 Å². The lowest BCUT2D eigenvalue weighted by molar-refractivity contribution is 0.196. The smallest absolute Gasteiger partial charge is 0.320 e. The maximum absolute atomic E-state index is 13.2. The Bertz CT molecular complexity index is 695. The summed E-state index contributed by atoms with van der Waals surface area (Å²) in [6, 6.07) is 8.29. The van der Waals surface area contributed by atoms with E-state index in [0.29, 0.717) is 17.5 Å². The number of rotatable bonds is 2. The van der Waals surface area contributed by atoms with E-state index >= 15 is 0 Å². The zero-order valence-corrected chi connectivity index (χ0v) is 14.8. The van der Waals surface area contributed by atoms with E-state index in [-0.39, 0.29) is 17.1 Å². The van der Waals surface area contributed by atoms with E-state index in [1.165, 1.54) is 23.1 Å². The number of hydrogen-bond acceptors (Lipinski definition) is 3. The molecule has 0 unspecified atom stereocenters. The van der Waals surface area contributed by atoms with E-state index in [4.69, 9.17) is 11.6 Å². The molecule has 1 N–H and O–H groups in total. The van der Waals surface area contributed by atoms with Crippen LogP contribution in [0.1, 0.15) is 17.1 Å². The second kappa shape index (κ2) is 7.11. The number of thioether (sulfide) groups is 1. The number of carbonyl (C=O) groups excluding carboxylic acids is 1. The van der Waals surface area contributed by atoms with Crippen LogP contribution in [0.4, 0.5) is 14.9 Å². The number of nitrogens with one attached hydrogen (secondary N) is 1. The van der Waals surface area contributed by atoms with E-state index in [9.17, 15) is 9.18 Å². The van der Waals surface area contributed by atoms with Gasteiger partial charge >= 0.3 is 6.03 Å². The molecule has 0 radical (unpaired) electrons. The molecule has 7 heteroatoms. The fraction of sp³-hybridized carbons (Fsp3) is 0.312. The summed E-state index contributed by atoms with van der Waals surface area (Å²) in [7, 11) is 0. The monoisotopic (exact) mass is 370 g/mol. The Labute approximate surface area is 147 Å². The van der Waals surface area contributed by atoms with Crippen molar-refractivity contribution in [2.24, 2.45) is 0 Å². The van der Waals surface area contributed by atoms with Crippen LogP contribution in [0.5, 0.6) is 0 Å². The van der Waals surface area contributed by atoms with Crippen LogP contribution in [-0.4, -0.2) is 29.3 Å². The molecular weight excluding hydrogens is 355 g/mol. The van der Waals surface area contributed by atoms with E-state index in [2.05, 4.69) is 16.8 Å². The minimum Gasteiger partial charge on any atom is -0.320 e. The van der Waals surface area contributed by atoms with Gasteiger partial charge in [0.05, 0.1) is 10.3 Å². The number of anilines is 1. The molecule has 1 saturated heterocycles. The number of benzene rings is 1. The van der Waals surface area contributed by atoms with E-state index < -0.39 is 5.82 Å². The van der Waals surface area contributed by atoms with Crippen molar-refractivity contribution in [1.29, 1.82) is 0 Å². The van der Waals surface area contributed by atoms with Crippen LogP contribution < -0.4 is 5.32 Å². The Hall–Kier alpha value is -1.24. The van der Waals surface area contributed by atoms with Gasteiger partial charge in [-0.3, -0.25) is 0 Å². The van der Waals surface area contributed by atoms with Crippen molar-refractivity contribution in [3.8, 4) is 0 Å². The molecule has 2 amide bonds. The molecule has 23 heavy (non-hydrogen) atoms. The van der Waals surface area contributed by atoms with Crippen LogP contribution in [0.25, 0.3) is 0 Å². The molecule has 1 aliphatic rings. The van der Waals surface area contributed by atoms with Crippen LogP contribution in [0, 0.1) is 5.82 Å². The maximum Gasteiger partial charge on any atom is 0.322 e. The Morgan fingerprint density at radius 1 is 1.43 bits per heavy atom. The van der Waals surface area contributed by atoms with Crippen molar-refractivity contribution >= 4 is 46.4 Å². The number of hydrogen-bond donors (Lipinski definition) is 1. The zero-order valence-electron chi connectivity index (χ0n) is 12.5. The first kappa shape index (κ1) is 16.6. The summed E-state index contributed by atoms with van der Waals surface area (Å²) >= 11 is 9.35. The third kappa shape index (κ3) is 3.82. The van der Waals surface area contributed by atoms with E-state index in [1.807, 2.05) is 29.7 Å². The zero-order chi connectivity index (χ0) is 16.4. The van der Waals surface area contributed by atoms with Gasteiger partial charge in [0.25, 0.3) is 0 Å². The molecule has 0 spiro atoms. The summed E-state index contributed by atoms with van der Waals surface area (Å²) in [5.41, 5.74) is 0.500. The molecule has 3 nitrogen and oxygen atoms in total. The van der Waals surface area contributed by atoms with Crippen molar-refractivity contribution in [2.75, 3.05) is 17.6 Å². The van der Waals surface area contributed by atoms with Crippen molar-refractivity contribution in [3.63, 3.8) is 0 Å². The normalized spacial score (nSPS) is 21.3. The number of carbonyl (C=O) groups is 1. The van der Waals surface area contributed by atoms with Gasteiger partial charge in [-0.2, -0.15) is 0 Å². The minimum absolute atomic E-state index is 0.00140. The molecule has 1 aliphatic heterocycles. The summed E-state index contributed by atoms with van der Waals surface area (Å²) < 4.78 is 13.2. The summed E-state index contributed by atoms with van der Waals surface area (Å²) in [5.74, 6) is 0.394.